The molecule has 1 aliphatic carbocycles. The van der Waals surface area contributed by atoms with Crippen molar-refractivity contribution in [2.75, 3.05) is 28.4 Å². The number of nitrogens with one attached hydrogen (secondary N) is 1. The van der Waals surface area contributed by atoms with E-state index in [2.05, 4.69) is 4.98 Å². The molecule has 8 heteroatoms. The summed E-state index contributed by atoms with van der Waals surface area (Å²) in [6.07, 6.45) is 9.64. The van der Waals surface area contributed by atoms with Crippen LogP contribution in [0, 0.1) is 0 Å². The van der Waals surface area contributed by atoms with Crippen LogP contribution in [0.4, 0.5) is 0 Å². The van der Waals surface area contributed by atoms with E-state index in [9.17, 15) is 0 Å². The molecule has 4 heterocycles. The van der Waals surface area contributed by atoms with E-state index in [0.29, 0.717) is 11.5 Å². The Labute approximate surface area is 212 Å². The van der Waals surface area contributed by atoms with Gasteiger partial charge in [-0.3, -0.25) is 0 Å². The van der Waals surface area contributed by atoms with Crippen LogP contribution < -0.4 is 20.2 Å². The number of rotatable bonds is 7. The van der Waals surface area contributed by atoms with Crippen molar-refractivity contribution in [1.82, 2.24) is 4.98 Å². The number of fused-ring (bicyclic) bond motifs is 2. The molecule has 3 aromatic heterocycles. The fraction of sp³-hybridized carbons (Fsp3) is 0.207. The molecule has 0 fully saturated rings. The number of benzene rings is 1. The summed E-state index contributed by atoms with van der Waals surface area (Å²) in [4.78, 5) is 8.12. The molecule has 8 nitrogen and oxygen atoms in total. The first-order chi connectivity index (χ1) is 18.1. The van der Waals surface area contributed by atoms with Crippen LogP contribution >= 0.6 is 0 Å². The van der Waals surface area contributed by atoms with Crippen LogP contribution in [0.15, 0.2) is 79.9 Å². The van der Waals surface area contributed by atoms with Crippen molar-refractivity contribution in [1.29, 1.82) is 0 Å². The molecule has 0 bridgehead atoms. The molecule has 0 spiro atoms. The Kier molecular flexibility index (Phi) is 5.73. The first kappa shape index (κ1) is 23.0. The van der Waals surface area contributed by atoms with E-state index in [-0.39, 0.29) is 12.0 Å². The summed E-state index contributed by atoms with van der Waals surface area (Å²) in [5.41, 5.74) is 4.82. The zero-order valence-electron chi connectivity index (χ0n) is 20.9. The molecule has 0 amide bonds. The Morgan fingerprint density at radius 3 is 2.59 bits per heavy atom. The third-order valence-corrected chi connectivity index (χ3v) is 6.57. The third kappa shape index (κ3) is 4.15. The number of aromatic amines is 1. The van der Waals surface area contributed by atoms with Gasteiger partial charge in [0, 0.05) is 37.1 Å². The maximum absolute atomic E-state index is 6.15. The van der Waals surface area contributed by atoms with Crippen molar-refractivity contribution in [3.63, 3.8) is 0 Å². The number of H-pyrrole nitrogens is 1. The molecule has 1 N–H and O–H groups in total. The normalized spacial score (nSPS) is 19.5. The number of hydrogen-bond acceptors (Lipinski definition) is 7. The van der Waals surface area contributed by atoms with Gasteiger partial charge in [0.1, 0.15) is 34.1 Å². The Bertz CT molecular complexity index is 1630. The quantitative estimate of drug-likeness (QED) is 0.398. The van der Waals surface area contributed by atoms with Gasteiger partial charge in [-0.25, -0.2) is 4.99 Å². The molecule has 6 rings (SSSR count). The average molecular weight is 499 g/mol. The lowest BCUT2D eigenvalue weighted by molar-refractivity contribution is 0.118. The molecular formula is C29H26N2O6. The van der Waals surface area contributed by atoms with Gasteiger partial charge in [-0.1, -0.05) is 6.08 Å². The maximum Gasteiger partial charge on any atom is 0.154 e. The van der Waals surface area contributed by atoms with Gasteiger partial charge in [-0.05, 0) is 36.4 Å². The first-order valence-electron chi connectivity index (χ1n) is 11.8. The number of nitrogens with zero attached hydrogens (tertiary/aromatic N) is 1. The van der Waals surface area contributed by atoms with E-state index in [1.165, 1.54) is 0 Å². The monoisotopic (exact) mass is 498 g/mol. The van der Waals surface area contributed by atoms with Crippen LogP contribution in [0.1, 0.15) is 17.4 Å². The Hall–Kier alpha value is -4.43. The molecule has 0 saturated heterocycles. The predicted octanol–water partition coefficient (Wildman–Crippen LogP) is 4.69. The first-order valence-corrected chi connectivity index (χ1v) is 11.8. The van der Waals surface area contributed by atoms with Crippen LogP contribution in [0.2, 0.25) is 0 Å². The van der Waals surface area contributed by atoms with Crippen molar-refractivity contribution in [3.05, 3.63) is 88.3 Å². The van der Waals surface area contributed by atoms with E-state index in [1.807, 2.05) is 66.8 Å². The fourth-order valence-corrected chi connectivity index (χ4v) is 4.71. The topological polar surface area (TPSA) is 91.4 Å². The predicted molar refractivity (Wildman–Crippen MR) is 139 cm³/mol. The van der Waals surface area contributed by atoms with Gasteiger partial charge in [0.25, 0.3) is 0 Å². The van der Waals surface area contributed by atoms with E-state index in [4.69, 9.17) is 32.8 Å². The van der Waals surface area contributed by atoms with E-state index >= 15 is 0 Å². The summed E-state index contributed by atoms with van der Waals surface area (Å²) < 4.78 is 34.1. The van der Waals surface area contributed by atoms with Gasteiger partial charge in [0.15, 0.2) is 11.0 Å². The Balaban J connectivity index is 1.26. The number of furan rings is 2. The number of ether oxygens (including phenoxy) is 4. The minimum Gasteiger partial charge on any atom is -0.497 e. The molecule has 188 valence electrons. The zero-order valence-corrected chi connectivity index (χ0v) is 20.9. The van der Waals surface area contributed by atoms with Gasteiger partial charge in [-0.15, -0.1) is 0 Å². The molecule has 1 aromatic carbocycles. The highest BCUT2D eigenvalue weighted by molar-refractivity contribution is 5.84. The second-order valence-corrected chi connectivity index (χ2v) is 8.76. The second kappa shape index (κ2) is 9.22. The van der Waals surface area contributed by atoms with Crippen molar-refractivity contribution >= 4 is 23.3 Å². The largest absolute Gasteiger partial charge is 0.497 e. The molecule has 1 aliphatic heterocycles. The summed E-state index contributed by atoms with van der Waals surface area (Å²) in [7, 11) is 6.60. The molecule has 2 atom stereocenters. The highest BCUT2D eigenvalue weighted by Crippen LogP contribution is 2.37. The van der Waals surface area contributed by atoms with Crippen LogP contribution in [0.5, 0.6) is 11.5 Å². The van der Waals surface area contributed by atoms with Crippen LogP contribution in [0.3, 0.4) is 0 Å². The molecule has 4 aromatic rings. The van der Waals surface area contributed by atoms with Crippen LogP contribution in [-0.2, 0) is 9.47 Å². The zero-order chi connectivity index (χ0) is 25.5. The second-order valence-electron chi connectivity index (χ2n) is 8.76. The van der Waals surface area contributed by atoms with Gasteiger partial charge in [0.2, 0.25) is 0 Å². The summed E-state index contributed by atoms with van der Waals surface area (Å²) in [5.74, 6) is 3.61. The van der Waals surface area contributed by atoms with Crippen molar-refractivity contribution in [2.24, 2.45) is 4.99 Å². The van der Waals surface area contributed by atoms with Crippen LogP contribution in [0.25, 0.3) is 34.6 Å². The van der Waals surface area contributed by atoms with E-state index in [1.54, 1.807) is 28.4 Å². The summed E-state index contributed by atoms with van der Waals surface area (Å²) in [6.45, 7) is 0. The molecule has 2 aliphatic rings. The van der Waals surface area contributed by atoms with Crippen molar-refractivity contribution < 1.29 is 27.8 Å². The van der Waals surface area contributed by atoms with Crippen molar-refractivity contribution in [2.45, 2.75) is 12.0 Å². The highest BCUT2D eigenvalue weighted by Gasteiger charge is 2.26. The van der Waals surface area contributed by atoms with E-state index < -0.39 is 0 Å². The number of allylic oxidation sites excluding steroid dienone is 2. The summed E-state index contributed by atoms with van der Waals surface area (Å²) in [6, 6.07) is 11.5. The molecule has 0 radical (unpaired) electrons. The molecule has 2 unspecified atom stereocenters. The van der Waals surface area contributed by atoms with E-state index in [0.717, 1.165) is 56.1 Å². The van der Waals surface area contributed by atoms with Gasteiger partial charge < -0.3 is 32.8 Å². The number of aromatic nitrogens is 1. The van der Waals surface area contributed by atoms with Gasteiger partial charge in [0.05, 0.1) is 50.1 Å². The minimum atomic E-state index is -0.128. The van der Waals surface area contributed by atoms with Gasteiger partial charge in [-0.2, -0.15) is 0 Å². The smallest absolute Gasteiger partial charge is 0.154 e. The maximum atomic E-state index is 6.15. The molecule has 37 heavy (non-hydrogen) atoms. The summed E-state index contributed by atoms with van der Waals surface area (Å²) in [5, 5.41) is 0.792. The molecule has 0 saturated carbocycles. The van der Waals surface area contributed by atoms with Crippen molar-refractivity contribution in [3.8, 4) is 22.8 Å². The Morgan fingerprint density at radius 1 is 0.973 bits per heavy atom. The minimum absolute atomic E-state index is 0.0840. The lowest BCUT2D eigenvalue weighted by Crippen LogP contribution is -2.20. The standard InChI is InChI=1S/C29H26N2O6/c1-32-18-5-7-24(34-3)20(12-18)26-14-22-28(36-26)10-16(30-22)9-17-11-29-23(31-17)15-27(37-29)21-13-19(33-2)6-8-25(21)35-4/h5-15,20,24,31H,1-4H3/b16-9-. The fourth-order valence-electron chi connectivity index (χ4n) is 4.71. The Morgan fingerprint density at radius 2 is 1.86 bits per heavy atom. The lowest BCUT2D eigenvalue weighted by Gasteiger charge is -2.22. The number of hydrogen-bond donors (Lipinski definition) is 1. The number of methoxy groups -OCH3 is 4. The highest BCUT2D eigenvalue weighted by atomic mass is 16.5. The molecular weight excluding hydrogens is 472 g/mol. The SMILES string of the molecule is COC1=CC(c2cc3c(o2)=C/C(=C/c2cc4oc(-c5cc(OC)ccc5OC)cc4[nH]2)N=3)C(OC)C=C1. The van der Waals surface area contributed by atoms with Gasteiger partial charge >= 0.3 is 0 Å². The summed E-state index contributed by atoms with van der Waals surface area (Å²) >= 11 is 0. The third-order valence-electron chi connectivity index (χ3n) is 6.57. The average Bonchev–Trinajstić information content (AvgIpc) is 3.67. The lowest BCUT2D eigenvalue weighted by atomic mass is 9.94. The van der Waals surface area contributed by atoms with Crippen LogP contribution in [-0.4, -0.2) is 39.5 Å².